The predicted octanol–water partition coefficient (Wildman–Crippen LogP) is 0.966. The molecule has 1 aliphatic heterocycles. The van der Waals surface area contributed by atoms with E-state index in [-0.39, 0.29) is 16.2 Å². The second-order valence-electron chi connectivity index (χ2n) is 5.65. The lowest BCUT2D eigenvalue weighted by Gasteiger charge is -2.24. The van der Waals surface area contributed by atoms with Gasteiger partial charge in [0.25, 0.3) is 11.8 Å². The number of thioether (sulfide) groups is 1. The maximum atomic E-state index is 13.5. The number of hydrogen-bond acceptors (Lipinski definition) is 5. The number of aromatic nitrogens is 1. The second kappa shape index (κ2) is 8.11. The summed E-state index contributed by atoms with van der Waals surface area (Å²) in [6.45, 7) is 0.830. The molecule has 2 aromatic rings. The second-order valence-corrected chi connectivity index (χ2v) is 8.82. The minimum atomic E-state index is -3.68. The number of H-pyrrole nitrogens is 1. The van der Waals surface area contributed by atoms with Gasteiger partial charge in [-0.1, -0.05) is 12.1 Å². The fourth-order valence-corrected chi connectivity index (χ4v) is 5.05. The van der Waals surface area contributed by atoms with E-state index < -0.39 is 27.7 Å². The van der Waals surface area contributed by atoms with Crippen LogP contribution in [0.3, 0.4) is 0 Å². The molecule has 1 fully saturated rings. The first kappa shape index (κ1) is 19.4. The van der Waals surface area contributed by atoms with Crippen LogP contribution in [0.5, 0.6) is 0 Å². The highest BCUT2D eigenvalue weighted by atomic mass is 32.2. The van der Waals surface area contributed by atoms with Crippen molar-refractivity contribution in [3.63, 3.8) is 0 Å². The molecular weight excluding hydrogens is 395 g/mol. The molecule has 0 aliphatic carbocycles. The zero-order valence-corrected chi connectivity index (χ0v) is 15.7. The molecule has 3 rings (SSSR count). The number of halogens is 1. The van der Waals surface area contributed by atoms with Crippen LogP contribution in [0.15, 0.2) is 41.4 Å². The van der Waals surface area contributed by atoms with Crippen LogP contribution in [-0.4, -0.2) is 54.1 Å². The maximum absolute atomic E-state index is 13.5. The smallest absolute Gasteiger partial charge is 0.286 e. The summed E-state index contributed by atoms with van der Waals surface area (Å²) in [7, 11) is -3.68. The number of hydrazine groups is 1. The molecule has 144 valence electrons. The molecule has 1 aromatic heterocycles. The highest BCUT2D eigenvalue weighted by molar-refractivity contribution is 7.99. The van der Waals surface area contributed by atoms with Crippen molar-refractivity contribution in [2.24, 2.45) is 0 Å². The first-order valence-corrected chi connectivity index (χ1v) is 10.6. The van der Waals surface area contributed by atoms with Gasteiger partial charge >= 0.3 is 0 Å². The molecule has 0 spiro atoms. The van der Waals surface area contributed by atoms with Gasteiger partial charge in [0.2, 0.25) is 10.0 Å². The quantitative estimate of drug-likeness (QED) is 0.648. The predicted molar refractivity (Wildman–Crippen MR) is 98.2 cm³/mol. The Morgan fingerprint density at radius 1 is 1.11 bits per heavy atom. The number of nitrogens with zero attached hydrogens (tertiary/aromatic N) is 1. The Hall–Kier alpha value is -2.37. The maximum Gasteiger partial charge on any atom is 0.286 e. The van der Waals surface area contributed by atoms with Crippen LogP contribution in [0.25, 0.3) is 0 Å². The molecule has 2 heterocycles. The fourth-order valence-electron chi connectivity index (χ4n) is 2.48. The largest absolute Gasteiger partial charge is 0.356 e. The number of amides is 2. The summed E-state index contributed by atoms with van der Waals surface area (Å²) in [6, 6.07) is 6.51. The molecule has 0 radical (unpaired) electrons. The summed E-state index contributed by atoms with van der Waals surface area (Å²) < 4.78 is 40.0. The first-order valence-electron chi connectivity index (χ1n) is 8.01. The number of hydrogen-bond donors (Lipinski definition) is 3. The molecule has 11 heteroatoms. The average Bonchev–Trinajstić information content (AvgIpc) is 3.18. The van der Waals surface area contributed by atoms with E-state index in [4.69, 9.17) is 0 Å². The van der Waals surface area contributed by atoms with Gasteiger partial charge in [0.05, 0.1) is 5.56 Å². The van der Waals surface area contributed by atoms with Crippen molar-refractivity contribution in [1.82, 2.24) is 20.1 Å². The Balaban J connectivity index is 1.65. The summed E-state index contributed by atoms with van der Waals surface area (Å²) in [5.74, 6) is -0.864. The third-order valence-electron chi connectivity index (χ3n) is 3.92. The Kier molecular flexibility index (Phi) is 5.82. The van der Waals surface area contributed by atoms with Crippen LogP contribution in [0.1, 0.15) is 20.8 Å². The normalized spacial score (nSPS) is 15.3. The number of nitrogens with one attached hydrogen (secondary N) is 3. The minimum absolute atomic E-state index is 0.0278. The van der Waals surface area contributed by atoms with E-state index in [1.54, 1.807) is 11.8 Å². The van der Waals surface area contributed by atoms with E-state index >= 15 is 0 Å². The van der Waals surface area contributed by atoms with Crippen molar-refractivity contribution in [1.29, 1.82) is 0 Å². The van der Waals surface area contributed by atoms with Gasteiger partial charge in [-0.2, -0.15) is 16.1 Å². The summed E-state index contributed by atoms with van der Waals surface area (Å²) in [5.41, 5.74) is 3.94. The van der Waals surface area contributed by atoms with Crippen molar-refractivity contribution in [3.05, 3.63) is 53.6 Å². The third kappa shape index (κ3) is 4.31. The number of carbonyl (C=O) groups is 2. The molecule has 8 nitrogen and oxygen atoms in total. The van der Waals surface area contributed by atoms with E-state index in [2.05, 4.69) is 15.8 Å². The van der Waals surface area contributed by atoms with Gasteiger partial charge < -0.3 is 4.98 Å². The van der Waals surface area contributed by atoms with Crippen LogP contribution in [-0.2, 0) is 10.0 Å². The lowest BCUT2D eigenvalue weighted by molar-refractivity contribution is 0.0842. The van der Waals surface area contributed by atoms with Crippen LogP contribution in [0.4, 0.5) is 4.39 Å². The van der Waals surface area contributed by atoms with Gasteiger partial charge in [-0.25, -0.2) is 12.8 Å². The molecular formula is C16H17FN4O4S2. The first-order chi connectivity index (χ1) is 12.9. The Morgan fingerprint density at radius 3 is 2.48 bits per heavy atom. The van der Waals surface area contributed by atoms with Crippen molar-refractivity contribution in [2.75, 3.05) is 24.6 Å². The third-order valence-corrected chi connectivity index (χ3v) is 6.74. The van der Waals surface area contributed by atoms with Gasteiger partial charge in [0.15, 0.2) is 0 Å². The molecule has 0 saturated carbocycles. The van der Waals surface area contributed by atoms with Crippen LogP contribution >= 0.6 is 11.8 Å². The SMILES string of the molecule is O=C(NNC(=O)c1ccccc1F)c1cc(S(=O)(=O)N2CCSCC2)c[nH]1. The van der Waals surface area contributed by atoms with Crippen LogP contribution in [0.2, 0.25) is 0 Å². The standard InChI is InChI=1S/C16H17FN4O4S2/c17-13-4-2-1-3-12(13)15(22)19-20-16(23)14-9-11(10-18-14)27(24,25)21-5-7-26-8-6-21/h1-4,9-10,18H,5-8H2,(H,19,22)(H,20,23). The minimum Gasteiger partial charge on any atom is -0.356 e. The zero-order chi connectivity index (χ0) is 19.4. The van der Waals surface area contributed by atoms with E-state index in [9.17, 15) is 22.4 Å². The number of benzene rings is 1. The number of sulfonamides is 1. The van der Waals surface area contributed by atoms with E-state index in [0.717, 1.165) is 17.6 Å². The molecule has 0 unspecified atom stereocenters. The molecule has 1 saturated heterocycles. The Morgan fingerprint density at radius 2 is 1.78 bits per heavy atom. The van der Waals surface area contributed by atoms with E-state index in [0.29, 0.717) is 13.1 Å². The Labute approximate surface area is 159 Å². The molecule has 2 amide bonds. The number of rotatable bonds is 4. The Bertz CT molecular complexity index is 955. The monoisotopic (exact) mass is 412 g/mol. The number of aromatic amines is 1. The summed E-state index contributed by atoms with van der Waals surface area (Å²) >= 11 is 1.68. The van der Waals surface area contributed by atoms with Gasteiger partial charge in [0.1, 0.15) is 16.4 Å². The van der Waals surface area contributed by atoms with Crippen molar-refractivity contribution in [2.45, 2.75) is 4.90 Å². The molecule has 1 aliphatic rings. The van der Waals surface area contributed by atoms with Gasteiger partial charge in [-0.15, -0.1) is 0 Å². The zero-order valence-electron chi connectivity index (χ0n) is 14.1. The van der Waals surface area contributed by atoms with Gasteiger partial charge in [-0.05, 0) is 18.2 Å². The molecule has 1 aromatic carbocycles. The molecule has 3 N–H and O–H groups in total. The highest BCUT2D eigenvalue weighted by Gasteiger charge is 2.27. The van der Waals surface area contributed by atoms with Gasteiger partial charge in [0, 0.05) is 30.8 Å². The summed E-state index contributed by atoms with van der Waals surface area (Å²) in [6.07, 6.45) is 1.23. The molecule has 0 atom stereocenters. The molecule has 27 heavy (non-hydrogen) atoms. The highest BCUT2D eigenvalue weighted by Crippen LogP contribution is 2.20. The topological polar surface area (TPSA) is 111 Å². The van der Waals surface area contributed by atoms with Gasteiger partial charge in [-0.3, -0.25) is 20.4 Å². The lowest BCUT2D eigenvalue weighted by atomic mass is 10.2. The van der Waals surface area contributed by atoms with Crippen molar-refractivity contribution < 1.29 is 22.4 Å². The summed E-state index contributed by atoms with van der Waals surface area (Å²) in [5, 5.41) is 0. The van der Waals surface area contributed by atoms with Crippen molar-refractivity contribution in [3.8, 4) is 0 Å². The summed E-state index contributed by atoms with van der Waals surface area (Å²) in [4.78, 5) is 26.6. The van der Waals surface area contributed by atoms with E-state index in [1.807, 2.05) is 0 Å². The van der Waals surface area contributed by atoms with Crippen LogP contribution in [0, 0.1) is 5.82 Å². The average molecular weight is 412 g/mol. The molecule has 0 bridgehead atoms. The van der Waals surface area contributed by atoms with Crippen LogP contribution < -0.4 is 10.9 Å². The van der Waals surface area contributed by atoms with Crippen molar-refractivity contribution >= 4 is 33.6 Å². The van der Waals surface area contributed by atoms with E-state index in [1.165, 1.54) is 34.8 Å². The number of carbonyl (C=O) groups excluding carboxylic acids is 2. The lowest BCUT2D eigenvalue weighted by Crippen LogP contribution is -2.42. The fraction of sp³-hybridized carbons (Fsp3) is 0.250.